The lowest BCUT2D eigenvalue weighted by Gasteiger charge is -2.20. The second-order valence-corrected chi connectivity index (χ2v) is 7.78. The number of aromatic nitrogens is 4. The van der Waals surface area contributed by atoms with Crippen LogP contribution in [0.4, 0.5) is 5.95 Å². The highest BCUT2D eigenvalue weighted by Crippen LogP contribution is 2.29. The Hall–Kier alpha value is -2.93. The Morgan fingerprint density at radius 3 is 2.50 bits per heavy atom. The van der Waals surface area contributed by atoms with Crippen molar-refractivity contribution in [3.63, 3.8) is 0 Å². The summed E-state index contributed by atoms with van der Waals surface area (Å²) in [7, 11) is 1.70. The van der Waals surface area contributed by atoms with Crippen LogP contribution in [0.2, 0.25) is 5.15 Å². The number of carbonyl (C=O) groups excluding carboxylic acids is 1. The molecular formula is C20H22ClN5O2. The van der Waals surface area contributed by atoms with Crippen LogP contribution in [0.5, 0.6) is 0 Å². The average molecular weight is 400 g/mol. The van der Waals surface area contributed by atoms with E-state index in [1.165, 1.54) is 4.68 Å². The molecule has 8 heteroatoms. The van der Waals surface area contributed by atoms with Crippen molar-refractivity contribution in [3.05, 3.63) is 58.4 Å². The lowest BCUT2D eigenvalue weighted by atomic mass is 10.0. The largest absolute Gasteiger partial charge is 0.455 e. The maximum atomic E-state index is 12.9. The van der Waals surface area contributed by atoms with E-state index in [4.69, 9.17) is 22.1 Å². The summed E-state index contributed by atoms with van der Waals surface area (Å²) in [6.07, 6.45) is 0.472. The van der Waals surface area contributed by atoms with Crippen LogP contribution in [-0.4, -0.2) is 31.3 Å². The first-order valence-corrected chi connectivity index (χ1v) is 9.15. The summed E-state index contributed by atoms with van der Waals surface area (Å²) in [6.45, 7) is 5.47. The fourth-order valence-corrected chi connectivity index (χ4v) is 3.07. The Labute approximate surface area is 168 Å². The molecule has 0 atom stereocenters. The third-order valence-electron chi connectivity index (χ3n) is 3.92. The van der Waals surface area contributed by atoms with Crippen LogP contribution in [0, 0.1) is 0 Å². The molecule has 0 saturated heterocycles. The number of aryl methyl sites for hydroxylation is 1. The van der Waals surface area contributed by atoms with Crippen LogP contribution >= 0.6 is 11.6 Å². The van der Waals surface area contributed by atoms with Gasteiger partial charge in [0.05, 0.1) is 5.69 Å². The van der Waals surface area contributed by atoms with Gasteiger partial charge in [-0.3, -0.25) is 4.68 Å². The van der Waals surface area contributed by atoms with E-state index in [2.05, 4.69) is 15.1 Å². The number of carbonyl (C=O) groups is 1. The lowest BCUT2D eigenvalue weighted by Crippen LogP contribution is -2.26. The van der Waals surface area contributed by atoms with Gasteiger partial charge in [-0.05, 0) is 26.3 Å². The van der Waals surface area contributed by atoms with Crippen molar-refractivity contribution < 1.29 is 9.53 Å². The van der Waals surface area contributed by atoms with Crippen LogP contribution in [-0.2, 0) is 18.2 Å². The molecule has 0 spiro atoms. The lowest BCUT2D eigenvalue weighted by molar-refractivity contribution is 0.00565. The normalized spacial score (nSPS) is 11.5. The topological polar surface area (TPSA) is 95.9 Å². The third-order valence-corrected chi connectivity index (χ3v) is 4.11. The summed E-state index contributed by atoms with van der Waals surface area (Å²) >= 11 is 6.05. The van der Waals surface area contributed by atoms with Crippen LogP contribution in [0.15, 0.2) is 36.4 Å². The fraction of sp³-hybridized carbons (Fsp3) is 0.300. The zero-order valence-electron chi connectivity index (χ0n) is 16.2. The number of hydrogen-bond donors (Lipinski definition) is 1. The first kappa shape index (κ1) is 19.8. The van der Waals surface area contributed by atoms with Crippen LogP contribution in [0.1, 0.15) is 42.4 Å². The Morgan fingerprint density at radius 2 is 1.89 bits per heavy atom. The molecule has 0 radical (unpaired) electrons. The monoisotopic (exact) mass is 399 g/mol. The predicted octanol–water partition coefficient (Wildman–Crippen LogP) is 3.66. The maximum Gasteiger partial charge on any atom is 0.357 e. The van der Waals surface area contributed by atoms with Crippen molar-refractivity contribution in [2.45, 2.75) is 32.8 Å². The van der Waals surface area contributed by atoms with Crippen molar-refractivity contribution in [3.8, 4) is 11.4 Å². The molecule has 0 aliphatic carbocycles. The van der Waals surface area contributed by atoms with Crippen LogP contribution in [0.3, 0.4) is 0 Å². The molecule has 0 aliphatic heterocycles. The molecule has 2 aromatic heterocycles. The zero-order chi connectivity index (χ0) is 20.5. The molecule has 146 valence electrons. The molecule has 3 aromatic rings. The minimum atomic E-state index is -0.631. The van der Waals surface area contributed by atoms with E-state index in [0.717, 1.165) is 5.56 Å². The Morgan fingerprint density at radius 1 is 1.21 bits per heavy atom. The number of nitrogen functional groups attached to an aromatic ring is 1. The van der Waals surface area contributed by atoms with E-state index < -0.39 is 11.6 Å². The Kier molecular flexibility index (Phi) is 5.38. The second kappa shape index (κ2) is 7.59. The summed E-state index contributed by atoms with van der Waals surface area (Å²) in [6, 6.07) is 11.4. The number of halogens is 1. The summed E-state index contributed by atoms with van der Waals surface area (Å²) < 4.78 is 7.10. The Balaban J connectivity index is 2.16. The van der Waals surface area contributed by atoms with Gasteiger partial charge in [-0.15, -0.1) is 0 Å². The van der Waals surface area contributed by atoms with Crippen molar-refractivity contribution in [1.29, 1.82) is 0 Å². The molecule has 0 saturated carbocycles. The van der Waals surface area contributed by atoms with Gasteiger partial charge in [-0.25, -0.2) is 14.8 Å². The number of rotatable bonds is 4. The van der Waals surface area contributed by atoms with Crippen molar-refractivity contribution in [1.82, 2.24) is 19.7 Å². The predicted molar refractivity (Wildman–Crippen MR) is 108 cm³/mol. The van der Waals surface area contributed by atoms with E-state index in [1.54, 1.807) is 13.1 Å². The van der Waals surface area contributed by atoms with Gasteiger partial charge in [-0.1, -0.05) is 41.9 Å². The average Bonchev–Trinajstić information content (AvgIpc) is 2.89. The highest BCUT2D eigenvalue weighted by atomic mass is 35.5. The standard InChI is InChI=1S/C20H22ClN5O2/c1-20(2,3)28-18(27)17-13(10-12-8-6-5-7-9-12)16(25-26(17)4)14-11-15(21)24-19(22)23-14/h5-9,11H,10H2,1-4H3,(H2,22,23,24). The molecule has 0 aliphatic rings. The van der Waals surface area contributed by atoms with E-state index in [-0.39, 0.29) is 11.1 Å². The highest BCUT2D eigenvalue weighted by Gasteiger charge is 2.28. The van der Waals surface area contributed by atoms with E-state index in [1.807, 2.05) is 51.1 Å². The molecule has 0 fully saturated rings. The molecule has 0 amide bonds. The summed E-state index contributed by atoms with van der Waals surface area (Å²) in [4.78, 5) is 21.0. The molecule has 2 heterocycles. The maximum absolute atomic E-state index is 12.9. The number of esters is 1. The fourth-order valence-electron chi connectivity index (χ4n) is 2.88. The number of anilines is 1. The van der Waals surface area contributed by atoms with E-state index in [0.29, 0.717) is 29.1 Å². The van der Waals surface area contributed by atoms with Crippen molar-refractivity contribution >= 4 is 23.5 Å². The van der Waals surface area contributed by atoms with Gasteiger partial charge >= 0.3 is 5.97 Å². The number of nitrogens with zero attached hydrogens (tertiary/aromatic N) is 4. The van der Waals surface area contributed by atoms with Gasteiger partial charge < -0.3 is 10.5 Å². The van der Waals surface area contributed by atoms with Gasteiger partial charge in [0.2, 0.25) is 5.95 Å². The SMILES string of the molecule is Cn1nc(-c2cc(Cl)nc(N)n2)c(Cc2ccccc2)c1C(=O)OC(C)(C)C. The summed E-state index contributed by atoms with van der Waals surface area (Å²) in [5, 5.41) is 4.73. The number of hydrogen-bond acceptors (Lipinski definition) is 6. The minimum absolute atomic E-state index is 0.0395. The smallest absolute Gasteiger partial charge is 0.357 e. The zero-order valence-corrected chi connectivity index (χ0v) is 17.0. The van der Waals surface area contributed by atoms with E-state index in [9.17, 15) is 4.79 Å². The molecular weight excluding hydrogens is 378 g/mol. The first-order chi connectivity index (χ1) is 13.1. The third kappa shape index (κ3) is 4.48. The highest BCUT2D eigenvalue weighted by molar-refractivity contribution is 6.29. The summed E-state index contributed by atoms with van der Waals surface area (Å²) in [5.74, 6) is -0.412. The van der Waals surface area contributed by atoms with E-state index >= 15 is 0 Å². The Bertz CT molecular complexity index is 989. The van der Waals surface area contributed by atoms with Crippen LogP contribution < -0.4 is 5.73 Å². The van der Waals surface area contributed by atoms with Crippen molar-refractivity contribution in [2.24, 2.45) is 7.05 Å². The number of ether oxygens (including phenoxy) is 1. The second-order valence-electron chi connectivity index (χ2n) is 7.40. The van der Waals surface area contributed by atoms with Crippen molar-refractivity contribution in [2.75, 3.05) is 5.73 Å². The molecule has 7 nitrogen and oxygen atoms in total. The minimum Gasteiger partial charge on any atom is -0.455 e. The molecule has 1 aromatic carbocycles. The molecule has 3 rings (SSSR count). The van der Waals surface area contributed by atoms with Gasteiger partial charge in [0.15, 0.2) is 0 Å². The van der Waals surface area contributed by atoms with Gasteiger partial charge in [0, 0.05) is 25.1 Å². The number of nitrogens with two attached hydrogens (primary N) is 1. The molecule has 2 N–H and O–H groups in total. The molecule has 0 unspecified atom stereocenters. The number of benzene rings is 1. The molecule has 0 bridgehead atoms. The summed E-state index contributed by atoms with van der Waals surface area (Å²) in [5.41, 5.74) is 8.17. The van der Waals surface area contributed by atoms with Gasteiger partial charge in [0.25, 0.3) is 0 Å². The van der Waals surface area contributed by atoms with Gasteiger partial charge in [0.1, 0.15) is 22.1 Å². The van der Waals surface area contributed by atoms with Gasteiger partial charge in [-0.2, -0.15) is 5.10 Å². The molecule has 28 heavy (non-hydrogen) atoms. The quantitative estimate of drug-likeness (QED) is 0.531. The first-order valence-electron chi connectivity index (χ1n) is 8.77. The van der Waals surface area contributed by atoms with Crippen LogP contribution in [0.25, 0.3) is 11.4 Å².